The summed E-state index contributed by atoms with van der Waals surface area (Å²) in [6.07, 6.45) is 4.72. The van der Waals surface area contributed by atoms with Gasteiger partial charge in [-0.1, -0.05) is 19.1 Å². The Hall–Kier alpha value is -2.87. The van der Waals surface area contributed by atoms with Gasteiger partial charge in [-0.3, -0.25) is 9.36 Å². The molecule has 0 radical (unpaired) electrons. The van der Waals surface area contributed by atoms with E-state index < -0.39 is 18.0 Å². The van der Waals surface area contributed by atoms with Gasteiger partial charge in [-0.2, -0.15) is 0 Å². The minimum absolute atomic E-state index is 0.133. The topological polar surface area (TPSA) is 72.2 Å². The summed E-state index contributed by atoms with van der Waals surface area (Å²) in [6, 6.07) is 4.67. The van der Waals surface area contributed by atoms with Gasteiger partial charge in [0.2, 0.25) is 0 Å². The van der Waals surface area contributed by atoms with Crippen molar-refractivity contribution in [3.63, 3.8) is 0 Å². The number of aromatic nitrogens is 2. The number of allylic oxidation sites excluding steroid dienone is 6. The number of carbonyl (C=O) groups is 1. The van der Waals surface area contributed by atoms with Gasteiger partial charge in [0.15, 0.2) is 0 Å². The highest BCUT2D eigenvalue weighted by molar-refractivity contribution is 9.10. The van der Waals surface area contributed by atoms with Crippen molar-refractivity contribution < 1.29 is 18.7 Å². The predicted molar refractivity (Wildman–Crippen MR) is 120 cm³/mol. The number of halogens is 3. The molecule has 1 aromatic carbocycles. The van der Waals surface area contributed by atoms with Gasteiger partial charge in [-0.15, -0.1) is 0 Å². The van der Waals surface area contributed by atoms with Crippen LogP contribution in [0.5, 0.6) is 0 Å². The Labute approximate surface area is 187 Å². The number of rotatable bonds is 3. The Morgan fingerprint density at radius 3 is 2.52 bits per heavy atom. The fraction of sp³-hybridized carbons (Fsp3) is 0.261. The largest absolute Gasteiger partial charge is 0.478 e. The average Bonchev–Trinajstić information content (AvgIpc) is 2.87. The molecule has 0 aliphatic heterocycles. The molecule has 0 saturated heterocycles. The molecule has 1 heterocycles. The Morgan fingerprint density at radius 1 is 1.23 bits per heavy atom. The number of benzene rings is 1. The number of aryl methyl sites for hydroxylation is 3. The van der Waals surface area contributed by atoms with E-state index in [4.69, 9.17) is 5.11 Å². The first-order chi connectivity index (χ1) is 14.5. The van der Waals surface area contributed by atoms with Crippen molar-refractivity contribution in [1.29, 1.82) is 0 Å². The van der Waals surface area contributed by atoms with Gasteiger partial charge in [-0.25, -0.2) is 18.6 Å². The first kappa shape index (κ1) is 24.4. The lowest BCUT2D eigenvalue weighted by Gasteiger charge is -2.14. The van der Waals surface area contributed by atoms with Crippen LogP contribution in [0.1, 0.15) is 40.8 Å². The third-order valence-electron chi connectivity index (χ3n) is 4.62. The second-order valence-corrected chi connectivity index (χ2v) is 7.72. The second kappa shape index (κ2) is 10.4. The van der Waals surface area contributed by atoms with Crippen LogP contribution in [0.3, 0.4) is 0 Å². The third kappa shape index (κ3) is 6.07. The summed E-state index contributed by atoms with van der Waals surface area (Å²) in [5.74, 6) is -1.02. The Bertz CT molecular complexity index is 1150. The SMILES string of the molecule is CCC1=CC(F)C=C(F)C=C1.Cc1ccc(C(=O)O)cc1-n1c(C)nc(C)c(Br)c1=O. The maximum Gasteiger partial charge on any atom is 0.335 e. The molecule has 31 heavy (non-hydrogen) atoms. The van der Waals surface area contributed by atoms with Crippen LogP contribution in [0.15, 0.2) is 63.2 Å². The monoisotopic (exact) mass is 492 g/mol. The highest BCUT2D eigenvalue weighted by Crippen LogP contribution is 2.19. The second-order valence-electron chi connectivity index (χ2n) is 6.93. The van der Waals surface area contributed by atoms with Gasteiger partial charge in [-0.05, 0) is 84.6 Å². The molecule has 1 aliphatic carbocycles. The molecule has 1 N–H and O–H groups in total. The number of carboxylic acid groups (broad SMARTS) is 1. The standard InChI is InChI=1S/C14H13BrN2O3.C9H10F2/c1-7-4-5-10(14(19)20)6-11(7)17-9(3)16-8(2)12(15)13(17)18;1-2-7-3-4-8(10)6-9(11)5-7/h4-6H,1-3H3,(H,19,20);3-6,9H,2H2,1H3. The van der Waals surface area contributed by atoms with E-state index in [2.05, 4.69) is 20.9 Å². The van der Waals surface area contributed by atoms with Crippen molar-refractivity contribution in [2.24, 2.45) is 0 Å². The third-order valence-corrected chi connectivity index (χ3v) is 5.53. The van der Waals surface area contributed by atoms with Gasteiger partial charge < -0.3 is 5.11 Å². The van der Waals surface area contributed by atoms with Crippen molar-refractivity contribution in [2.45, 2.75) is 40.3 Å². The Kier molecular flexibility index (Phi) is 8.21. The molecule has 164 valence electrons. The van der Waals surface area contributed by atoms with Gasteiger partial charge in [0.1, 0.15) is 22.3 Å². The lowest BCUT2D eigenvalue weighted by Crippen LogP contribution is -2.24. The summed E-state index contributed by atoms with van der Waals surface area (Å²) in [6.45, 7) is 7.18. The van der Waals surface area contributed by atoms with Crippen LogP contribution in [0.4, 0.5) is 8.78 Å². The quantitative estimate of drug-likeness (QED) is 0.596. The van der Waals surface area contributed by atoms with Crippen LogP contribution in [-0.4, -0.2) is 26.8 Å². The van der Waals surface area contributed by atoms with Crippen molar-refractivity contribution in [1.82, 2.24) is 9.55 Å². The fourth-order valence-electron chi connectivity index (χ4n) is 2.95. The van der Waals surface area contributed by atoms with Crippen molar-refractivity contribution in [2.75, 3.05) is 0 Å². The lowest BCUT2D eigenvalue weighted by atomic mass is 10.1. The number of aromatic carboxylic acids is 1. The zero-order chi connectivity index (χ0) is 23.3. The number of nitrogens with zero attached hydrogens (tertiary/aromatic N) is 2. The summed E-state index contributed by atoms with van der Waals surface area (Å²) < 4.78 is 27.0. The highest BCUT2D eigenvalue weighted by atomic mass is 79.9. The summed E-state index contributed by atoms with van der Waals surface area (Å²) in [5, 5.41) is 9.07. The number of carboxylic acids is 1. The van der Waals surface area contributed by atoms with E-state index in [1.54, 1.807) is 26.0 Å². The van der Waals surface area contributed by atoms with Gasteiger partial charge in [0.05, 0.1) is 16.9 Å². The molecule has 0 bridgehead atoms. The smallest absolute Gasteiger partial charge is 0.335 e. The molecule has 2 aromatic rings. The first-order valence-corrected chi connectivity index (χ1v) is 10.3. The van der Waals surface area contributed by atoms with Crippen molar-refractivity contribution in [3.05, 3.63) is 91.4 Å². The maximum absolute atomic E-state index is 12.7. The van der Waals surface area contributed by atoms with E-state index in [9.17, 15) is 18.4 Å². The molecule has 3 rings (SSSR count). The number of hydrogen-bond acceptors (Lipinski definition) is 3. The summed E-state index contributed by atoms with van der Waals surface area (Å²) in [7, 11) is 0. The van der Waals surface area contributed by atoms with Crippen molar-refractivity contribution in [3.8, 4) is 5.69 Å². The van der Waals surface area contributed by atoms with Crippen LogP contribution in [0.2, 0.25) is 0 Å². The zero-order valence-electron chi connectivity index (χ0n) is 17.6. The molecule has 1 aliphatic rings. The van der Waals surface area contributed by atoms with Crippen LogP contribution in [0, 0.1) is 20.8 Å². The molecule has 0 fully saturated rings. The van der Waals surface area contributed by atoms with E-state index >= 15 is 0 Å². The fourth-order valence-corrected chi connectivity index (χ4v) is 3.21. The van der Waals surface area contributed by atoms with E-state index in [1.807, 2.05) is 13.8 Å². The van der Waals surface area contributed by atoms with Crippen molar-refractivity contribution >= 4 is 21.9 Å². The van der Waals surface area contributed by atoms with E-state index in [1.165, 1.54) is 28.9 Å². The van der Waals surface area contributed by atoms with Gasteiger partial charge in [0, 0.05) is 0 Å². The van der Waals surface area contributed by atoms with E-state index in [0.717, 1.165) is 23.6 Å². The molecular formula is C23H23BrF2N2O3. The molecule has 1 aromatic heterocycles. The van der Waals surface area contributed by atoms with E-state index in [-0.39, 0.29) is 11.1 Å². The Balaban J connectivity index is 0.000000262. The molecule has 1 atom stereocenters. The summed E-state index contributed by atoms with van der Waals surface area (Å²) in [4.78, 5) is 27.7. The lowest BCUT2D eigenvalue weighted by molar-refractivity contribution is 0.0697. The maximum atomic E-state index is 12.7. The molecule has 5 nitrogen and oxygen atoms in total. The minimum Gasteiger partial charge on any atom is -0.478 e. The van der Waals surface area contributed by atoms with Gasteiger partial charge in [0.25, 0.3) is 5.56 Å². The highest BCUT2D eigenvalue weighted by Gasteiger charge is 2.14. The zero-order valence-corrected chi connectivity index (χ0v) is 19.2. The van der Waals surface area contributed by atoms with Crippen LogP contribution in [0.25, 0.3) is 5.69 Å². The average molecular weight is 493 g/mol. The molecule has 0 spiro atoms. The summed E-state index contributed by atoms with van der Waals surface area (Å²) >= 11 is 3.22. The number of alkyl halides is 1. The molecule has 0 amide bonds. The summed E-state index contributed by atoms with van der Waals surface area (Å²) in [5.41, 5.74) is 2.66. The minimum atomic E-state index is -1.28. The normalized spacial score (nSPS) is 15.4. The molecule has 1 unspecified atom stereocenters. The van der Waals surface area contributed by atoms with Gasteiger partial charge >= 0.3 is 5.97 Å². The number of hydrogen-bond donors (Lipinski definition) is 1. The first-order valence-electron chi connectivity index (χ1n) is 9.55. The van der Waals surface area contributed by atoms with E-state index in [0.29, 0.717) is 21.7 Å². The molecular weight excluding hydrogens is 470 g/mol. The molecule has 8 heteroatoms. The Morgan fingerprint density at radius 2 is 1.90 bits per heavy atom. The van der Waals surface area contributed by atoms with Crippen LogP contribution in [-0.2, 0) is 0 Å². The van der Waals surface area contributed by atoms with Crippen LogP contribution < -0.4 is 5.56 Å². The molecule has 0 saturated carbocycles. The van der Waals surface area contributed by atoms with Crippen LogP contribution >= 0.6 is 15.9 Å². The predicted octanol–water partition coefficient (Wildman–Crippen LogP) is 5.70.